The van der Waals surface area contributed by atoms with E-state index in [0.29, 0.717) is 38.5 Å². The molecule has 0 radical (unpaired) electrons. The first-order valence-corrected chi connectivity index (χ1v) is 20.1. The van der Waals surface area contributed by atoms with Crippen LogP contribution in [-0.2, 0) is 42.9 Å². The number of imide groups is 1. The summed E-state index contributed by atoms with van der Waals surface area (Å²) in [5.41, 5.74) is 0.000850. The Morgan fingerprint density at radius 2 is 1.73 bits per heavy atom. The minimum Gasteiger partial charge on any atom is -0.462 e. The van der Waals surface area contributed by atoms with Gasteiger partial charge in [0, 0.05) is 53.3 Å². The van der Waals surface area contributed by atoms with Gasteiger partial charge in [-0.25, -0.2) is 9.97 Å². The quantitative estimate of drug-likeness (QED) is 0.138. The number of carbonyl (C=O) groups excluding carboxylic acids is 6. The van der Waals surface area contributed by atoms with Crippen LogP contribution in [0.3, 0.4) is 0 Å². The highest BCUT2D eigenvalue weighted by Gasteiger charge is 2.32. The molecule has 0 fully saturated rings. The van der Waals surface area contributed by atoms with Crippen LogP contribution >= 0.6 is 0 Å². The molecule has 0 saturated heterocycles. The fraction of sp³-hybridized carbons (Fsp3) is 0.581. The van der Waals surface area contributed by atoms with Crippen LogP contribution in [0, 0.1) is 23.7 Å². The summed E-state index contributed by atoms with van der Waals surface area (Å²) in [6, 6.07) is 0. The van der Waals surface area contributed by atoms with Crippen molar-refractivity contribution in [3.05, 3.63) is 54.6 Å². The lowest BCUT2D eigenvalue weighted by Crippen LogP contribution is -2.44. The standard InChI is InChI=1S/C43H60N4O13/c1-26-13-9-10-17-38-44-32(24-58-38)43-45-31(23-59-43)41(53)46-42(54)40(57-8)29(4)33(50)15-11-14-30(49)21-39(52)60-37(26)22-36(56-7)27(2)18-19-34(51)28(3)35(55-6)16-12-20-47(5)25-48/h10-12,15,17,20,23-30,35-37,40,49H,9,13-14,16,18-19,21-22H2,1-8H3,(H,46,53,54)/b15-11-,17-10-,20-12+. The van der Waals surface area contributed by atoms with Crippen molar-refractivity contribution in [3.63, 3.8) is 0 Å². The van der Waals surface area contributed by atoms with Gasteiger partial charge in [-0.2, -0.15) is 0 Å². The normalized spacial score (nSPS) is 24.6. The third kappa shape index (κ3) is 15.2. The zero-order valence-corrected chi connectivity index (χ0v) is 35.7. The van der Waals surface area contributed by atoms with Crippen LogP contribution in [0.2, 0.25) is 0 Å². The molecule has 2 N–H and O–H groups in total. The van der Waals surface area contributed by atoms with Crippen molar-refractivity contribution in [2.75, 3.05) is 28.4 Å². The Morgan fingerprint density at radius 1 is 1.02 bits per heavy atom. The van der Waals surface area contributed by atoms with Gasteiger partial charge in [-0.3, -0.25) is 34.1 Å². The van der Waals surface area contributed by atoms with Gasteiger partial charge >= 0.3 is 5.97 Å². The first-order chi connectivity index (χ1) is 28.6. The Morgan fingerprint density at radius 3 is 2.42 bits per heavy atom. The molecule has 3 heterocycles. The number of rotatable bonds is 15. The fourth-order valence-corrected chi connectivity index (χ4v) is 6.69. The van der Waals surface area contributed by atoms with Crippen molar-refractivity contribution in [1.29, 1.82) is 0 Å². The number of oxazole rings is 2. The number of aromatic nitrogens is 2. The number of fused-ring (bicyclic) bond motifs is 5. The molecule has 9 atom stereocenters. The summed E-state index contributed by atoms with van der Waals surface area (Å²) in [6.07, 6.45) is 11.0. The van der Waals surface area contributed by atoms with Crippen molar-refractivity contribution < 1.29 is 61.7 Å². The van der Waals surface area contributed by atoms with Gasteiger partial charge in [-0.15, -0.1) is 0 Å². The van der Waals surface area contributed by atoms with Crippen LogP contribution < -0.4 is 5.32 Å². The monoisotopic (exact) mass is 840 g/mol. The van der Waals surface area contributed by atoms with Gasteiger partial charge in [0.05, 0.1) is 30.7 Å². The molecule has 330 valence electrons. The van der Waals surface area contributed by atoms with E-state index in [0.717, 1.165) is 6.26 Å². The maximum atomic E-state index is 13.3. The lowest BCUT2D eigenvalue weighted by molar-refractivity contribution is -0.156. The Bertz CT molecular complexity index is 1820. The summed E-state index contributed by atoms with van der Waals surface area (Å²) in [6.45, 7) is 7.22. The fourth-order valence-electron chi connectivity index (χ4n) is 6.69. The molecule has 0 saturated carbocycles. The molecule has 2 aromatic rings. The van der Waals surface area contributed by atoms with Crippen LogP contribution in [0.15, 0.2) is 51.9 Å². The zero-order valence-electron chi connectivity index (χ0n) is 35.7. The van der Waals surface area contributed by atoms with Gasteiger partial charge in [-0.1, -0.05) is 45.9 Å². The average Bonchev–Trinajstić information content (AvgIpc) is 3.91. The number of carbonyl (C=O) groups is 6. The van der Waals surface area contributed by atoms with E-state index >= 15 is 0 Å². The van der Waals surface area contributed by atoms with Gasteiger partial charge in [0.1, 0.15) is 30.5 Å². The number of methoxy groups -OCH3 is 3. The Labute approximate surface area is 350 Å². The number of aliphatic hydroxyl groups excluding tert-OH is 1. The molecular weight excluding hydrogens is 780 g/mol. The summed E-state index contributed by atoms with van der Waals surface area (Å²) >= 11 is 0. The van der Waals surface area contributed by atoms with Crippen LogP contribution in [0.1, 0.15) is 95.4 Å². The molecule has 17 nitrogen and oxygen atoms in total. The number of nitrogens with one attached hydrogen (secondary N) is 1. The second kappa shape index (κ2) is 24.9. The molecule has 17 heteroatoms. The minimum absolute atomic E-state index is 0.0213. The first-order valence-electron chi connectivity index (χ1n) is 20.1. The summed E-state index contributed by atoms with van der Waals surface area (Å²) in [5.74, 6) is -4.31. The van der Waals surface area contributed by atoms with E-state index in [-0.39, 0.29) is 78.2 Å². The Hall–Kier alpha value is -5.10. The van der Waals surface area contributed by atoms with Crippen molar-refractivity contribution in [3.8, 4) is 11.6 Å². The molecule has 0 aromatic carbocycles. The molecular formula is C43H60N4O13. The number of ether oxygens (including phenoxy) is 4. The molecule has 1 aliphatic heterocycles. The molecule has 1 aliphatic rings. The van der Waals surface area contributed by atoms with Gasteiger partial charge in [0.15, 0.2) is 17.2 Å². The van der Waals surface area contributed by atoms with Crippen LogP contribution in [0.25, 0.3) is 17.7 Å². The predicted octanol–water partition coefficient (Wildman–Crippen LogP) is 4.89. The summed E-state index contributed by atoms with van der Waals surface area (Å²) in [7, 11) is 5.97. The number of cyclic esters (lactones) is 1. The van der Waals surface area contributed by atoms with Crippen molar-refractivity contribution in [1.82, 2.24) is 20.2 Å². The highest BCUT2D eigenvalue weighted by molar-refractivity contribution is 6.06. The molecule has 9 unspecified atom stereocenters. The van der Waals surface area contributed by atoms with Crippen LogP contribution in [0.4, 0.5) is 0 Å². The van der Waals surface area contributed by atoms with Gasteiger partial charge in [0.2, 0.25) is 18.2 Å². The highest BCUT2D eigenvalue weighted by atomic mass is 16.5. The lowest BCUT2D eigenvalue weighted by atomic mass is 9.86. The largest absolute Gasteiger partial charge is 0.462 e. The second-order valence-corrected chi connectivity index (χ2v) is 15.2. The van der Waals surface area contributed by atoms with E-state index in [1.54, 1.807) is 39.6 Å². The lowest BCUT2D eigenvalue weighted by Gasteiger charge is -2.31. The number of Topliss-reactive ketones (excluding diaryl/α,β-unsaturated/α-hetero) is 1. The minimum atomic E-state index is -1.34. The highest BCUT2D eigenvalue weighted by Crippen LogP contribution is 2.28. The second-order valence-electron chi connectivity index (χ2n) is 15.2. The van der Waals surface area contributed by atoms with Crippen LogP contribution in [0.5, 0.6) is 0 Å². The molecule has 0 aliphatic carbocycles. The number of ketones is 2. The van der Waals surface area contributed by atoms with E-state index < -0.39 is 47.8 Å². The number of hydrogen-bond donors (Lipinski definition) is 2. The maximum Gasteiger partial charge on any atom is 0.308 e. The average molecular weight is 841 g/mol. The third-order valence-corrected chi connectivity index (χ3v) is 10.7. The first kappa shape index (κ1) is 49.3. The van der Waals surface area contributed by atoms with E-state index in [2.05, 4.69) is 15.3 Å². The molecule has 3 amide bonds. The van der Waals surface area contributed by atoms with E-state index in [9.17, 15) is 33.9 Å². The number of nitrogens with zero attached hydrogens (tertiary/aromatic N) is 3. The number of hydrogen-bond acceptors (Lipinski definition) is 15. The molecule has 0 spiro atoms. The van der Waals surface area contributed by atoms with Crippen molar-refractivity contribution >= 4 is 41.8 Å². The molecule has 3 rings (SSSR count). The number of esters is 1. The van der Waals surface area contributed by atoms with E-state index in [4.69, 9.17) is 27.8 Å². The van der Waals surface area contributed by atoms with E-state index in [1.807, 2.05) is 26.8 Å². The van der Waals surface area contributed by atoms with Crippen LogP contribution in [-0.4, -0.2) is 115 Å². The van der Waals surface area contributed by atoms with Crippen molar-refractivity contribution in [2.45, 2.75) is 110 Å². The SMILES string of the molecule is COC(CC1OC(=O)CC(O)C/C=C\C(=O)C(C)C(OC)C(=O)NC(=O)c2coc(n2)-c2coc(n2)/C=C\CCC1C)C(C)CCC(=O)C(C)C(C/C=C/N(C)C=O)OC. The number of allylic oxidation sites excluding steroid dienone is 2. The smallest absolute Gasteiger partial charge is 0.308 e. The third-order valence-electron chi connectivity index (χ3n) is 10.7. The maximum absolute atomic E-state index is 13.3. The molecule has 60 heavy (non-hydrogen) atoms. The number of aliphatic hydroxyl groups is 1. The van der Waals surface area contributed by atoms with E-state index in [1.165, 1.54) is 37.3 Å². The Kier molecular flexibility index (Phi) is 20.4. The zero-order chi connectivity index (χ0) is 44.4. The topological polar surface area (TPSA) is 227 Å². The molecule has 4 bridgehead atoms. The number of amides is 3. The summed E-state index contributed by atoms with van der Waals surface area (Å²) < 4.78 is 33.7. The van der Waals surface area contributed by atoms with Gasteiger partial charge in [-0.05, 0) is 56.1 Å². The molecule has 2 aromatic heterocycles. The summed E-state index contributed by atoms with van der Waals surface area (Å²) in [4.78, 5) is 86.0. The van der Waals surface area contributed by atoms with Crippen molar-refractivity contribution in [2.24, 2.45) is 23.7 Å². The Balaban J connectivity index is 1.78. The summed E-state index contributed by atoms with van der Waals surface area (Å²) in [5, 5.41) is 12.9. The van der Waals surface area contributed by atoms with Gasteiger partial charge in [0.25, 0.3) is 11.8 Å². The predicted molar refractivity (Wildman–Crippen MR) is 217 cm³/mol. The van der Waals surface area contributed by atoms with Gasteiger partial charge < -0.3 is 37.8 Å².